The summed E-state index contributed by atoms with van der Waals surface area (Å²) in [4.78, 5) is 11.7. The standard InChI is InChI=1S/C26H30O4/c1-18(2)7-5-8-19(3)9-6-10-20(4)13-15-29-26-24-22(14-16-28-24)17-21-11-12-23(27)30-25(21)26/h7,9,11-14,16-17H,5-6,8,10,15H2,1-4H3. The highest BCUT2D eigenvalue weighted by Gasteiger charge is 2.14. The fraction of sp³-hybridized carbons (Fsp3) is 0.346. The molecule has 0 unspecified atom stereocenters. The third-order valence-corrected chi connectivity index (χ3v) is 5.07. The quantitative estimate of drug-likeness (QED) is 0.275. The van der Waals surface area contributed by atoms with Gasteiger partial charge in [0.25, 0.3) is 0 Å². The van der Waals surface area contributed by atoms with E-state index >= 15 is 0 Å². The van der Waals surface area contributed by atoms with Crippen LogP contribution < -0.4 is 10.4 Å². The van der Waals surface area contributed by atoms with Gasteiger partial charge in [-0.15, -0.1) is 0 Å². The third-order valence-electron chi connectivity index (χ3n) is 5.07. The Labute approximate surface area is 177 Å². The van der Waals surface area contributed by atoms with Gasteiger partial charge in [-0.2, -0.15) is 0 Å². The zero-order valence-electron chi connectivity index (χ0n) is 18.3. The van der Waals surface area contributed by atoms with Crippen molar-refractivity contribution in [3.05, 3.63) is 75.9 Å². The van der Waals surface area contributed by atoms with Crippen molar-refractivity contribution in [2.45, 2.75) is 53.4 Å². The van der Waals surface area contributed by atoms with Gasteiger partial charge in [0.2, 0.25) is 5.75 Å². The summed E-state index contributed by atoms with van der Waals surface area (Å²) >= 11 is 0. The number of allylic oxidation sites excluding steroid dienone is 5. The lowest BCUT2D eigenvalue weighted by atomic mass is 10.1. The molecule has 0 saturated carbocycles. The second kappa shape index (κ2) is 10.1. The summed E-state index contributed by atoms with van der Waals surface area (Å²) in [5, 5.41) is 1.73. The lowest BCUT2D eigenvalue weighted by Crippen LogP contribution is -1.99. The number of rotatable bonds is 9. The minimum atomic E-state index is -0.406. The van der Waals surface area contributed by atoms with Gasteiger partial charge in [0.15, 0.2) is 11.2 Å². The molecular formula is C26H30O4. The molecule has 3 rings (SSSR count). The van der Waals surface area contributed by atoms with Crippen molar-refractivity contribution in [1.29, 1.82) is 0 Å². The summed E-state index contributed by atoms with van der Waals surface area (Å²) in [5.41, 5.74) is 4.68. The van der Waals surface area contributed by atoms with E-state index < -0.39 is 5.63 Å². The van der Waals surface area contributed by atoms with Crippen molar-refractivity contribution in [2.24, 2.45) is 0 Å². The molecule has 0 aliphatic carbocycles. The molecule has 0 radical (unpaired) electrons. The molecule has 0 bridgehead atoms. The van der Waals surface area contributed by atoms with Crippen molar-refractivity contribution in [2.75, 3.05) is 6.61 Å². The number of benzene rings is 1. The topological polar surface area (TPSA) is 52.6 Å². The monoisotopic (exact) mass is 406 g/mol. The SMILES string of the molecule is CC(C)=CCCC(C)=CCCC(C)=CCOc1c2occc2cc2ccc(=O)oc12. The van der Waals surface area contributed by atoms with E-state index in [1.807, 2.05) is 12.1 Å². The number of ether oxygens (including phenoxy) is 1. The molecule has 0 atom stereocenters. The van der Waals surface area contributed by atoms with Gasteiger partial charge >= 0.3 is 5.63 Å². The highest BCUT2D eigenvalue weighted by atomic mass is 16.5. The van der Waals surface area contributed by atoms with Crippen LogP contribution in [0.2, 0.25) is 0 Å². The molecule has 4 heteroatoms. The lowest BCUT2D eigenvalue weighted by molar-refractivity contribution is 0.355. The number of hydrogen-bond acceptors (Lipinski definition) is 4. The average molecular weight is 407 g/mol. The van der Waals surface area contributed by atoms with Gasteiger partial charge in [0.1, 0.15) is 6.61 Å². The predicted octanol–water partition coefficient (Wildman–Crippen LogP) is 7.34. The Kier molecular flexibility index (Phi) is 7.34. The first-order chi connectivity index (χ1) is 14.4. The largest absolute Gasteiger partial charge is 0.482 e. The Morgan fingerprint density at radius 2 is 1.60 bits per heavy atom. The van der Waals surface area contributed by atoms with Crippen molar-refractivity contribution in [3.8, 4) is 5.75 Å². The minimum absolute atomic E-state index is 0.391. The summed E-state index contributed by atoms with van der Waals surface area (Å²) < 4.78 is 17.0. The highest BCUT2D eigenvalue weighted by Crippen LogP contribution is 2.34. The molecule has 0 N–H and O–H groups in total. The van der Waals surface area contributed by atoms with Crippen LogP contribution in [0.4, 0.5) is 0 Å². The first-order valence-corrected chi connectivity index (χ1v) is 10.5. The van der Waals surface area contributed by atoms with E-state index in [-0.39, 0.29) is 0 Å². The van der Waals surface area contributed by atoms with E-state index in [4.69, 9.17) is 13.6 Å². The Morgan fingerprint density at radius 3 is 2.37 bits per heavy atom. The van der Waals surface area contributed by atoms with Crippen molar-refractivity contribution in [1.82, 2.24) is 0 Å². The molecule has 0 fully saturated rings. The van der Waals surface area contributed by atoms with E-state index in [1.54, 1.807) is 12.3 Å². The van der Waals surface area contributed by atoms with Crippen LogP contribution in [0.3, 0.4) is 0 Å². The highest BCUT2D eigenvalue weighted by molar-refractivity contribution is 5.99. The molecule has 2 heterocycles. The molecule has 0 aliphatic rings. The van der Waals surface area contributed by atoms with Gasteiger partial charge < -0.3 is 13.6 Å². The van der Waals surface area contributed by atoms with Gasteiger partial charge in [-0.05, 0) is 77.7 Å². The van der Waals surface area contributed by atoms with Gasteiger partial charge in [0, 0.05) is 16.8 Å². The van der Waals surface area contributed by atoms with Crippen molar-refractivity contribution in [3.63, 3.8) is 0 Å². The first kappa shape index (κ1) is 21.7. The van der Waals surface area contributed by atoms with Crippen LogP contribution in [0.25, 0.3) is 21.9 Å². The Bertz CT molecular complexity index is 1150. The van der Waals surface area contributed by atoms with Crippen LogP contribution >= 0.6 is 0 Å². The first-order valence-electron chi connectivity index (χ1n) is 10.5. The average Bonchev–Trinajstić information content (AvgIpc) is 3.16. The van der Waals surface area contributed by atoms with Crippen LogP contribution in [0.15, 0.2) is 79.1 Å². The second-order valence-corrected chi connectivity index (χ2v) is 7.99. The van der Waals surface area contributed by atoms with Crippen LogP contribution in [-0.2, 0) is 0 Å². The summed E-state index contributed by atoms with van der Waals surface area (Å²) in [6, 6.07) is 6.96. The number of hydrogen-bond donors (Lipinski definition) is 0. The van der Waals surface area contributed by atoms with E-state index in [9.17, 15) is 4.79 Å². The molecular weight excluding hydrogens is 376 g/mol. The van der Waals surface area contributed by atoms with E-state index in [2.05, 4.69) is 45.9 Å². The molecule has 3 aromatic rings. The molecule has 2 aromatic heterocycles. The number of fused-ring (bicyclic) bond motifs is 2. The summed E-state index contributed by atoms with van der Waals surface area (Å²) in [5.74, 6) is 0.476. The van der Waals surface area contributed by atoms with Gasteiger partial charge in [-0.25, -0.2) is 4.79 Å². The molecule has 0 aliphatic heterocycles. The Morgan fingerprint density at radius 1 is 0.900 bits per heavy atom. The van der Waals surface area contributed by atoms with E-state index in [0.29, 0.717) is 23.5 Å². The molecule has 0 saturated heterocycles. The molecule has 4 nitrogen and oxygen atoms in total. The maximum atomic E-state index is 11.7. The molecule has 30 heavy (non-hydrogen) atoms. The predicted molar refractivity (Wildman–Crippen MR) is 123 cm³/mol. The Balaban J connectivity index is 1.62. The van der Waals surface area contributed by atoms with Crippen molar-refractivity contribution >= 4 is 21.9 Å². The van der Waals surface area contributed by atoms with E-state index in [1.165, 1.54) is 22.8 Å². The Hall–Kier alpha value is -3.01. The lowest BCUT2D eigenvalue weighted by Gasteiger charge is -2.08. The summed E-state index contributed by atoms with van der Waals surface area (Å²) in [6.07, 6.45) is 12.5. The fourth-order valence-electron chi connectivity index (χ4n) is 3.34. The van der Waals surface area contributed by atoms with Crippen LogP contribution in [0, 0.1) is 0 Å². The van der Waals surface area contributed by atoms with Crippen molar-refractivity contribution < 1.29 is 13.6 Å². The van der Waals surface area contributed by atoms with Gasteiger partial charge in [-0.3, -0.25) is 0 Å². The molecule has 0 spiro atoms. The minimum Gasteiger partial charge on any atom is -0.482 e. The summed E-state index contributed by atoms with van der Waals surface area (Å²) in [7, 11) is 0. The maximum Gasteiger partial charge on any atom is 0.336 e. The van der Waals surface area contributed by atoms with Gasteiger partial charge in [0.05, 0.1) is 6.26 Å². The molecule has 158 valence electrons. The smallest absolute Gasteiger partial charge is 0.336 e. The zero-order chi connectivity index (χ0) is 21.5. The zero-order valence-corrected chi connectivity index (χ0v) is 18.3. The molecule has 1 aromatic carbocycles. The van der Waals surface area contributed by atoms with Crippen LogP contribution in [0.5, 0.6) is 5.75 Å². The fourth-order valence-corrected chi connectivity index (χ4v) is 3.34. The van der Waals surface area contributed by atoms with Crippen LogP contribution in [0.1, 0.15) is 53.4 Å². The van der Waals surface area contributed by atoms with Crippen LogP contribution in [-0.4, -0.2) is 6.61 Å². The maximum absolute atomic E-state index is 11.7. The normalized spacial score (nSPS) is 12.5. The molecule has 0 amide bonds. The third kappa shape index (κ3) is 5.76. The van der Waals surface area contributed by atoms with E-state index in [0.717, 1.165) is 36.5 Å². The number of furan rings is 1. The second-order valence-electron chi connectivity index (χ2n) is 7.99. The van der Waals surface area contributed by atoms with Gasteiger partial charge in [-0.1, -0.05) is 28.9 Å². The summed E-state index contributed by atoms with van der Waals surface area (Å²) in [6.45, 7) is 8.98.